The summed E-state index contributed by atoms with van der Waals surface area (Å²) in [6.07, 6.45) is 0.455. The van der Waals surface area contributed by atoms with Gasteiger partial charge in [-0.3, -0.25) is 9.59 Å². The largest absolute Gasteiger partial charge is 0.487 e. The van der Waals surface area contributed by atoms with Gasteiger partial charge < -0.3 is 25.5 Å². The second-order valence-corrected chi connectivity index (χ2v) is 8.66. The van der Waals surface area contributed by atoms with Crippen molar-refractivity contribution in [3.05, 3.63) is 118 Å². The van der Waals surface area contributed by atoms with Crippen LogP contribution in [0.5, 0.6) is 11.5 Å². The Hall–Kier alpha value is -4.52. The Morgan fingerprint density at radius 1 is 0.917 bits per heavy atom. The normalized spacial score (nSPS) is 10.8. The average Bonchev–Trinajstić information content (AvgIpc) is 2.87. The zero-order chi connectivity index (χ0) is 25.7. The molecule has 0 saturated heterocycles. The number of amides is 1. The summed E-state index contributed by atoms with van der Waals surface area (Å²) in [5.74, 6) is 0.229. The quantitative estimate of drug-likeness (QED) is 0.358. The van der Waals surface area contributed by atoms with Crippen molar-refractivity contribution in [3.63, 3.8) is 0 Å². The Morgan fingerprint density at radius 2 is 1.56 bits per heavy atom. The lowest BCUT2D eigenvalue weighted by atomic mass is 9.97. The molecular weight excluding hydrogens is 454 g/mol. The Balaban J connectivity index is 1.98. The smallest absolute Gasteiger partial charge is 0.255 e. The third-order valence-electron chi connectivity index (χ3n) is 5.88. The number of hydrogen-bond donors (Lipinski definition) is 2. The van der Waals surface area contributed by atoms with Gasteiger partial charge in [0.2, 0.25) is 0 Å². The number of ether oxygens (including phenoxy) is 2. The van der Waals surface area contributed by atoms with E-state index in [0.29, 0.717) is 41.2 Å². The highest BCUT2D eigenvalue weighted by Gasteiger charge is 2.20. The number of nitrogens with zero attached hydrogens (tertiary/aromatic N) is 1. The van der Waals surface area contributed by atoms with E-state index in [-0.39, 0.29) is 18.8 Å². The van der Waals surface area contributed by atoms with Gasteiger partial charge in [0.05, 0.1) is 12.1 Å². The van der Waals surface area contributed by atoms with Crippen molar-refractivity contribution in [1.82, 2.24) is 4.57 Å². The molecule has 0 atom stereocenters. The minimum atomic E-state index is -0.607. The molecule has 0 saturated carbocycles. The third kappa shape index (κ3) is 5.58. The van der Waals surface area contributed by atoms with Crippen molar-refractivity contribution in [1.29, 1.82) is 0 Å². The highest BCUT2D eigenvalue weighted by atomic mass is 16.5. The van der Waals surface area contributed by atoms with E-state index in [0.717, 1.165) is 22.1 Å². The van der Waals surface area contributed by atoms with Crippen LogP contribution in [0.2, 0.25) is 0 Å². The molecule has 0 bridgehead atoms. The number of carbonyl (C=O) groups excluding carboxylic acids is 1. The summed E-state index contributed by atoms with van der Waals surface area (Å²) in [6.45, 7) is 5.70. The number of nitrogens with two attached hydrogens (primary N) is 2. The van der Waals surface area contributed by atoms with Crippen molar-refractivity contribution in [3.8, 4) is 11.5 Å². The summed E-state index contributed by atoms with van der Waals surface area (Å²) in [4.78, 5) is 25.5. The molecule has 4 N–H and O–H groups in total. The number of primary amides is 1. The molecule has 0 aliphatic heterocycles. The van der Waals surface area contributed by atoms with Crippen LogP contribution in [0.4, 0.5) is 0 Å². The number of aromatic nitrogens is 1. The van der Waals surface area contributed by atoms with Gasteiger partial charge >= 0.3 is 0 Å². The molecule has 36 heavy (non-hydrogen) atoms. The van der Waals surface area contributed by atoms with Crippen LogP contribution in [-0.2, 0) is 17.8 Å². The minimum absolute atomic E-state index is 0.0920. The highest BCUT2D eigenvalue weighted by molar-refractivity contribution is 5.91. The van der Waals surface area contributed by atoms with Crippen LogP contribution < -0.4 is 26.5 Å². The van der Waals surface area contributed by atoms with Gasteiger partial charge in [-0.1, -0.05) is 67.2 Å². The summed E-state index contributed by atoms with van der Waals surface area (Å²) in [7, 11) is 0. The van der Waals surface area contributed by atoms with E-state index in [1.807, 2.05) is 67.6 Å². The molecule has 1 aromatic heterocycles. The zero-order valence-electron chi connectivity index (χ0n) is 20.2. The zero-order valence-corrected chi connectivity index (χ0v) is 20.2. The van der Waals surface area contributed by atoms with Gasteiger partial charge in [-0.2, -0.15) is 0 Å². The number of fused-ring (bicyclic) bond motifs is 1. The lowest BCUT2D eigenvalue weighted by Gasteiger charge is -2.20. The molecule has 0 spiro atoms. The van der Waals surface area contributed by atoms with Gasteiger partial charge in [0, 0.05) is 35.2 Å². The maximum Gasteiger partial charge on any atom is 0.255 e. The molecule has 0 aliphatic rings. The summed E-state index contributed by atoms with van der Waals surface area (Å²) in [6, 6.07) is 23.0. The average molecular weight is 484 g/mol. The number of rotatable bonds is 10. The van der Waals surface area contributed by atoms with Gasteiger partial charge in [0.1, 0.15) is 18.1 Å². The van der Waals surface area contributed by atoms with Crippen LogP contribution in [0.25, 0.3) is 10.9 Å². The van der Waals surface area contributed by atoms with Crippen LogP contribution >= 0.6 is 0 Å². The first kappa shape index (κ1) is 24.6. The standard InChI is InChI=1S/C29H29N3O4/c1-19(30)17-35-23-14-25-28(26(15-23)36-18-27(31)33)20(2)24(13-21-9-5-3-6-10-21)29(34)32(25)16-22-11-7-4-8-12-22/h3-12,14-15H,1,13,16-18,30H2,2H3,(H2,31,33). The summed E-state index contributed by atoms with van der Waals surface area (Å²) in [5.41, 5.74) is 15.3. The summed E-state index contributed by atoms with van der Waals surface area (Å²) in [5, 5.41) is 0.719. The van der Waals surface area contributed by atoms with Gasteiger partial charge in [-0.15, -0.1) is 0 Å². The van der Waals surface area contributed by atoms with Crippen LogP contribution in [0.3, 0.4) is 0 Å². The molecule has 0 aliphatic carbocycles. The van der Waals surface area contributed by atoms with E-state index in [9.17, 15) is 9.59 Å². The van der Waals surface area contributed by atoms with Gasteiger partial charge in [-0.25, -0.2) is 0 Å². The first-order valence-electron chi connectivity index (χ1n) is 11.6. The van der Waals surface area contributed by atoms with E-state index < -0.39 is 5.91 Å². The van der Waals surface area contributed by atoms with Gasteiger partial charge in [0.25, 0.3) is 11.5 Å². The third-order valence-corrected chi connectivity index (χ3v) is 5.88. The van der Waals surface area contributed by atoms with Gasteiger partial charge in [-0.05, 0) is 23.6 Å². The van der Waals surface area contributed by atoms with Crippen molar-refractivity contribution >= 4 is 16.8 Å². The fourth-order valence-corrected chi connectivity index (χ4v) is 4.20. The molecular formula is C29H29N3O4. The molecule has 184 valence electrons. The Kier molecular flexibility index (Phi) is 7.39. The molecule has 7 heteroatoms. The highest BCUT2D eigenvalue weighted by Crippen LogP contribution is 2.35. The second kappa shape index (κ2) is 10.8. The van der Waals surface area contributed by atoms with Crippen molar-refractivity contribution in [2.75, 3.05) is 13.2 Å². The number of aryl methyl sites for hydroxylation is 1. The number of hydrogen-bond acceptors (Lipinski definition) is 5. The maximum atomic E-state index is 13.9. The fraction of sp³-hybridized carbons (Fsp3) is 0.172. The van der Waals surface area contributed by atoms with E-state index in [2.05, 4.69) is 6.58 Å². The van der Waals surface area contributed by atoms with E-state index in [1.54, 1.807) is 16.7 Å². The van der Waals surface area contributed by atoms with Crippen LogP contribution in [0.1, 0.15) is 22.3 Å². The Labute approximate surface area is 209 Å². The summed E-state index contributed by atoms with van der Waals surface area (Å²) >= 11 is 0. The molecule has 0 fully saturated rings. The van der Waals surface area contributed by atoms with Crippen molar-refractivity contribution in [2.24, 2.45) is 11.5 Å². The molecule has 0 radical (unpaired) electrons. The molecule has 3 aromatic carbocycles. The predicted molar refractivity (Wildman–Crippen MR) is 141 cm³/mol. The van der Waals surface area contributed by atoms with Crippen LogP contribution in [0.15, 0.2) is 89.9 Å². The Bertz CT molecular complexity index is 1460. The molecule has 1 heterocycles. The lowest BCUT2D eigenvalue weighted by molar-refractivity contribution is -0.119. The van der Waals surface area contributed by atoms with Crippen LogP contribution in [0, 0.1) is 6.92 Å². The maximum absolute atomic E-state index is 13.9. The molecule has 4 aromatic rings. The van der Waals surface area contributed by atoms with Crippen molar-refractivity contribution < 1.29 is 14.3 Å². The van der Waals surface area contributed by atoms with Crippen molar-refractivity contribution in [2.45, 2.75) is 19.9 Å². The predicted octanol–water partition coefficient (Wildman–Crippen LogP) is 3.66. The number of carbonyl (C=O) groups is 1. The van der Waals surface area contributed by atoms with Gasteiger partial charge in [0.15, 0.2) is 6.61 Å². The molecule has 4 rings (SSSR count). The SMILES string of the molecule is C=C(N)COc1cc(OCC(N)=O)c2c(C)c(Cc3ccccc3)c(=O)n(Cc3ccccc3)c2c1. The number of pyridine rings is 1. The summed E-state index contributed by atoms with van der Waals surface area (Å²) < 4.78 is 13.4. The van der Waals surface area contributed by atoms with E-state index in [4.69, 9.17) is 20.9 Å². The first-order valence-corrected chi connectivity index (χ1v) is 11.6. The van der Waals surface area contributed by atoms with Crippen LogP contribution in [-0.4, -0.2) is 23.7 Å². The lowest BCUT2D eigenvalue weighted by Crippen LogP contribution is -2.27. The Morgan fingerprint density at radius 3 is 2.17 bits per heavy atom. The first-order chi connectivity index (χ1) is 17.3. The fourth-order valence-electron chi connectivity index (χ4n) is 4.20. The second-order valence-electron chi connectivity index (χ2n) is 8.66. The molecule has 0 unspecified atom stereocenters. The molecule has 7 nitrogen and oxygen atoms in total. The topological polar surface area (TPSA) is 110 Å². The molecule has 1 amide bonds. The van der Waals surface area contributed by atoms with E-state index >= 15 is 0 Å². The van der Waals surface area contributed by atoms with E-state index in [1.165, 1.54) is 0 Å². The monoisotopic (exact) mass is 483 g/mol. The number of benzene rings is 3. The minimum Gasteiger partial charge on any atom is -0.487 e.